The maximum absolute atomic E-state index is 12.6. The van der Waals surface area contributed by atoms with Gasteiger partial charge in [0.05, 0.1) is 4.90 Å². The van der Waals surface area contributed by atoms with Crippen LogP contribution in [0, 0.1) is 0 Å². The van der Waals surface area contributed by atoms with E-state index in [0.717, 1.165) is 0 Å². The monoisotopic (exact) mass is 442 g/mol. The Bertz CT molecular complexity index is 1190. The molecule has 0 aliphatic carbocycles. The summed E-state index contributed by atoms with van der Waals surface area (Å²) in [5, 5.41) is 0.541. The van der Waals surface area contributed by atoms with Gasteiger partial charge in [-0.25, -0.2) is 8.42 Å². The zero-order valence-electron chi connectivity index (χ0n) is 16.3. The fraction of sp³-hybridized carbons (Fsp3) is 0.0909. The number of carbonyl (C=O) groups excluding carboxylic acids is 2. The van der Waals surface area contributed by atoms with Crippen LogP contribution in [0.3, 0.4) is 0 Å². The molecule has 0 saturated heterocycles. The fourth-order valence-corrected chi connectivity index (χ4v) is 3.98. The van der Waals surface area contributed by atoms with Crippen LogP contribution in [0.25, 0.3) is 0 Å². The van der Waals surface area contributed by atoms with Crippen molar-refractivity contribution in [3.8, 4) is 0 Å². The standard InChI is InChI=1S/C22H19ClN2O4S/c1-15(26)17-4-3-5-21(14-17)30(28,29)24-19-10-12-20(13-11-19)25(2)22(27)16-6-8-18(23)9-7-16/h3-14,24H,1-2H3. The number of benzene rings is 3. The molecular weight excluding hydrogens is 424 g/mol. The Morgan fingerprint density at radius 1 is 0.900 bits per heavy atom. The average Bonchev–Trinajstić information content (AvgIpc) is 2.73. The molecule has 8 heteroatoms. The number of hydrogen-bond donors (Lipinski definition) is 1. The number of carbonyl (C=O) groups is 2. The molecule has 0 spiro atoms. The van der Waals surface area contributed by atoms with Crippen molar-refractivity contribution in [2.75, 3.05) is 16.7 Å². The molecule has 0 bridgehead atoms. The van der Waals surface area contributed by atoms with E-state index in [2.05, 4.69) is 4.72 Å². The van der Waals surface area contributed by atoms with Gasteiger partial charge in [-0.05, 0) is 67.6 Å². The Morgan fingerprint density at radius 3 is 2.13 bits per heavy atom. The summed E-state index contributed by atoms with van der Waals surface area (Å²) in [6.07, 6.45) is 0. The molecule has 0 atom stereocenters. The van der Waals surface area contributed by atoms with E-state index in [4.69, 9.17) is 11.6 Å². The second kappa shape index (κ2) is 8.69. The summed E-state index contributed by atoms with van der Waals surface area (Å²) in [7, 11) is -2.23. The minimum Gasteiger partial charge on any atom is -0.311 e. The average molecular weight is 443 g/mol. The lowest BCUT2D eigenvalue weighted by atomic mass is 10.2. The van der Waals surface area contributed by atoms with Crippen molar-refractivity contribution in [2.45, 2.75) is 11.8 Å². The third kappa shape index (κ3) is 4.87. The minimum absolute atomic E-state index is 0.00527. The van der Waals surface area contributed by atoms with E-state index in [0.29, 0.717) is 27.5 Å². The molecule has 0 aliphatic rings. The van der Waals surface area contributed by atoms with Gasteiger partial charge in [-0.1, -0.05) is 23.7 Å². The van der Waals surface area contributed by atoms with Crippen LogP contribution in [0.15, 0.2) is 77.7 Å². The molecule has 3 rings (SSSR count). The van der Waals surface area contributed by atoms with Gasteiger partial charge in [0.1, 0.15) is 0 Å². The third-order valence-corrected chi connectivity index (χ3v) is 6.08. The Morgan fingerprint density at radius 2 is 1.53 bits per heavy atom. The smallest absolute Gasteiger partial charge is 0.261 e. The fourth-order valence-electron chi connectivity index (χ4n) is 2.75. The number of hydrogen-bond acceptors (Lipinski definition) is 4. The molecule has 0 aromatic heterocycles. The van der Waals surface area contributed by atoms with Crippen LogP contribution in [-0.2, 0) is 10.0 Å². The molecule has 0 unspecified atom stereocenters. The van der Waals surface area contributed by atoms with Gasteiger partial charge in [0.2, 0.25) is 0 Å². The summed E-state index contributed by atoms with van der Waals surface area (Å²) in [5.41, 5.74) is 1.73. The van der Waals surface area contributed by atoms with Crippen LogP contribution in [-0.4, -0.2) is 27.2 Å². The molecule has 3 aromatic carbocycles. The van der Waals surface area contributed by atoms with Crippen molar-refractivity contribution in [3.05, 3.63) is 88.9 Å². The highest BCUT2D eigenvalue weighted by Crippen LogP contribution is 2.22. The number of halogens is 1. The summed E-state index contributed by atoms with van der Waals surface area (Å²) >= 11 is 5.85. The van der Waals surface area contributed by atoms with Crippen LogP contribution in [0.5, 0.6) is 0 Å². The molecule has 154 valence electrons. The Hall–Kier alpha value is -3.16. The third-order valence-electron chi connectivity index (χ3n) is 4.45. The first kappa shape index (κ1) is 21.5. The Balaban J connectivity index is 1.76. The summed E-state index contributed by atoms with van der Waals surface area (Å²) in [4.78, 5) is 25.5. The molecule has 0 heterocycles. The van der Waals surface area contributed by atoms with Crippen molar-refractivity contribution >= 4 is 44.7 Å². The molecule has 1 N–H and O–H groups in total. The molecular formula is C22H19ClN2O4S. The second-order valence-corrected chi connectivity index (χ2v) is 8.73. The van der Waals surface area contributed by atoms with Gasteiger partial charge in [0, 0.05) is 34.6 Å². The van der Waals surface area contributed by atoms with Crippen LogP contribution in [0.1, 0.15) is 27.6 Å². The maximum atomic E-state index is 12.6. The predicted octanol–water partition coefficient (Wildman–Crippen LogP) is 4.62. The van der Waals surface area contributed by atoms with Crippen molar-refractivity contribution in [1.29, 1.82) is 0 Å². The van der Waals surface area contributed by atoms with Gasteiger partial charge in [0.15, 0.2) is 5.78 Å². The van der Waals surface area contributed by atoms with E-state index in [1.54, 1.807) is 61.6 Å². The van der Waals surface area contributed by atoms with Gasteiger partial charge in [0.25, 0.3) is 15.9 Å². The molecule has 0 saturated carbocycles. The van der Waals surface area contributed by atoms with Crippen LogP contribution < -0.4 is 9.62 Å². The zero-order chi connectivity index (χ0) is 21.9. The predicted molar refractivity (Wildman–Crippen MR) is 118 cm³/mol. The van der Waals surface area contributed by atoms with E-state index >= 15 is 0 Å². The SMILES string of the molecule is CC(=O)c1cccc(S(=O)(=O)Nc2ccc(N(C)C(=O)c3ccc(Cl)cc3)cc2)c1. The first-order valence-corrected chi connectivity index (χ1v) is 10.8. The second-order valence-electron chi connectivity index (χ2n) is 6.61. The number of nitrogens with zero attached hydrogens (tertiary/aromatic N) is 1. The zero-order valence-corrected chi connectivity index (χ0v) is 17.9. The summed E-state index contributed by atoms with van der Waals surface area (Å²) in [6, 6.07) is 18.8. The summed E-state index contributed by atoms with van der Waals surface area (Å²) < 4.78 is 27.7. The lowest BCUT2D eigenvalue weighted by Crippen LogP contribution is -2.26. The molecule has 6 nitrogen and oxygen atoms in total. The summed E-state index contributed by atoms with van der Waals surface area (Å²) in [5.74, 6) is -0.439. The van der Waals surface area contributed by atoms with Crippen LogP contribution >= 0.6 is 11.6 Å². The van der Waals surface area contributed by atoms with E-state index in [9.17, 15) is 18.0 Å². The lowest BCUT2D eigenvalue weighted by molar-refractivity contribution is 0.0990. The first-order chi connectivity index (χ1) is 14.2. The van der Waals surface area contributed by atoms with Gasteiger partial charge in [-0.2, -0.15) is 0 Å². The highest BCUT2D eigenvalue weighted by atomic mass is 35.5. The molecule has 3 aromatic rings. The number of Topliss-reactive ketones (excluding diaryl/α,β-unsaturated/α-hetero) is 1. The van der Waals surface area contributed by atoms with Crippen LogP contribution in [0.4, 0.5) is 11.4 Å². The van der Waals surface area contributed by atoms with Gasteiger partial charge in [-0.3, -0.25) is 14.3 Å². The first-order valence-electron chi connectivity index (χ1n) is 8.95. The number of sulfonamides is 1. The number of amides is 1. The largest absolute Gasteiger partial charge is 0.311 e. The van der Waals surface area contributed by atoms with Crippen molar-refractivity contribution in [3.63, 3.8) is 0 Å². The maximum Gasteiger partial charge on any atom is 0.261 e. The normalized spacial score (nSPS) is 11.0. The topological polar surface area (TPSA) is 83.6 Å². The van der Waals surface area contributed by atoms with Crippen molar-refractivity contribution in [2.24, 2.45) is 0 Å². The van der Waals surface area contributed by atoms with E-state index in [-0.39, 0.29) is 16.6 Å². The summed E-state index contributed by atoms with van der Waals surface area (Å²) in [6.45, 7) is 1.37. The Labute approximate surface area is 180 Å². The number of rotatable bonds is 6. The molecule has 0 radical (unpaired) electrons. The van der Waals surface area contributed by atoms with Crippen molar-refractivity contribution < 1.29 is 18.0 Å². The number of anilines is 2. The minimum atomic E-state index is -3.86. The van der Waals surface area contributed by atoms with Crippen LogP contribution in [0.2, 0.25) is 5.02 Å². The molecule has 30 heavy (non-hydrogen) atoms. The number of ketones is 1. The number of nitrogens with one attached hydrogen (secondary N) is 1. The highest BCUT2D eigenvalue weighted by Gasteiger charge is 2.17. The van der Waals surface area contributed by atoms with Gasteiger partial charge >= 0.3 is 0 Å². The molecule has 0 fully saturated rings. The van der Waals surface area contributed by atoms with E-state index in [1.165, 1.54) is 30.0 Å². The quantitative estimate of drug-likeness (QED) is 0.564. The lowest BCUT2D eigenvalue weighted by Gasteiger charge is -2.18. The van der Waals surface area contributed by atoms with Crippen molar-refractivity contribution in [1.82, 2.24) is 0 Å². The highest BCUT2D eigenvalue weighted by molar-refractivity contribution is 7.92. The van der Waals surface area contributed by atoms with E-state index < -0.39 is 10.0 Å². The molecule has 1 amide bonds. The van der Waals surface area contributed by atoms with Gasteiger partial charge in [-0.15, -0.1) is 0 Å². The Kier molecular flexibility index (Phi) is 6.24. The van der Waals surface area contributed by atoms with Gasteiger partial charge < -0.3 is 4.90 Å². The molecule has 0 aliphatic heterocycles. The van der Waals surface area contributed by atoms with E-state index in [1.807, 2.05) is 0 Å².